The maximum atomic E-state index is 12.7. The van der Waals surface area contributed by atoms with Gasteiger partial charge in [-0.05, 0) is 42.2 Å². The molecule has 0 radical (unpaired) electrons. The highest BCUT2D eigenvalue weighted by atomic mass is 16.5. The van der Waals surface area contributed by atoms with E-state index in [9.17, 15) is 20.1 Å². The van der Waals surface area contributed by atoms with Gasteiger partial charge < -0.3 is 29.7 Å². The molecule has 0 aromatic heterocycles. The second kappa shape index (κ2) is 6.34. The van der Waals surface area contributed by atoms with Gasteiger partial charge in [-0.25, -0.2) is 0 Å². The summed E-state index contributed by atoms with van der Waals surface area (Å²) in [6.45, 7) is 4.95. The number of carbonyl (C=O) groups is 1. The summed E-state index contributed by atoms with van der Waals surface area (Å²) in [5.41, 5.74) is -1.41. The zero-order valence-electron chi connectivity index (χ0n) is 16.8. The first kappa shape index (κ1) is 19.5. The van der Waals surface area contributed by atoms with E-state index in [4.69, 9.17) is 9.47 Å². The molecule has 1 amide bonds. The molecule has 0 spiro atoms. The van der Waals surface area contributed by atoms with E-state index >= 15 is 0 Å². The van der Waals surface area contributed by atoms with Crippen LogP contribution in [0.15, 0.2) is 12.1 Å². The van der Waals surface area contributed by atoms with Crippen molar-refractivity contribution in [3.63, 3.8) is 0 Å². The van der Waals surface area contributed by atoms with Gasteiger partial charge in [0, 0.05) is 20.7 Å². The van der Waals surface area contributed by atoms with E-state index in [1.165, 1.54) is 11.0 Å². The number of likely N-dealkylation sites (N-methyl/N-ethyl adjacent to an activating group) is 1. The van der Waals surface area contributed by atoms with Gasteiger partial charge in [-0.1, -0.05) is 13.8 Å². The Kier molecular flexibility index (Phi) is 4.41. The number of phenolic OH excluding ortho intramolecular Hbond substituents is 1. The number of rotatable bonds is 4. The van der Waals surface area contributed by atoms with Crippen LogP contribution in [0.3, 0.4) is 0 Å². The molecular formula is C21H29NO6. The molecule has 3 N–H and O–H groups in total. The van der Waals surface area contributed by atoms with Crippen LogP contribution in [0.2, 0.25) is 0 Å². The Labute approximate surface area is 164 Å². The van der Waals surface area contributed by atoms with Crippen LogP contribution in [0.25, 0.3) is 0 Å². The van der Waals surface area contributed by atoms with Crippen molar-refractivity contribution < 1.29 is 29.6 Å². The third-order valence-electron chi connectivity index (χ3n) is 7.41. The standard InChI is InChI=1S/C21H29NO6/c1-20(2)11-9-14(20)21(26)15(10-11)28-13-6-5-12(17(23)16(13)18(21)24)19(25)22(3)7-8-27-4/h5-6,11,14-15,18,23-24,26H,7-10H2,1-4H3/t11-,14-,15-,18+,21-/m1/s1. The Morgan fingerprint density at radius 2 is 2.07 bits per heavy atom. The first-order valence-corrected chi connectivity index (χ1v) is 9.81. The second-order valence-electron chi connectivity index (χ2n) is 9.03. The Morgan fingerprint density at radius 3 is 2.71 bits per heavy atom. The molecule has 3 aliphatic carbocycles. The van der Waals surface area contributed by atoms with Crippen molar-refractivity contribution in [3.8, 4) is 11.5 Å². The molecule has 0 unspecified atom stereocenters. The Bertz CT molecular complexity index is 808. The summed E-state index contributed by atoms with van der Waals surface area (Å²) >= 11 is 0. The number of hydrogen-bond donors (Lipinski definition) is 3. The first-order valence-electron chi connectivity index (χ1n) is 9.81. The summed E-state index contributed by atoms with van der Waals surface area (Å²) < 4.78 is 11.0. The lowest BCUT2D eigenvalue weighted by Gasteiger charge is -2.67. The van der Waals surface area contributed by atoms with Crippen molar-refractivity contribution in [3.05, 3.63) is 23.3 Å². The number of hydrogen-bond acceptors (Lipinski definition) is 6. The van der Waals surface area contributed by atoms with Gasteiger partial charge in [0.2, 0.25) is 0 Å². The number of ether oxygens (including phenoxy) is 2. The van der Waals surface area contributed by atoms with E-state index in [-0.39, 0.29) is 34.1 Å². The van der Waals surface area contributed by atoms with Crippen LogP contribution < -0.4 is 4.74 Å². The Morgan fingerprint density at radius 1 is 1.36 bits per heavy atom. The lowest BCUT2D eigenvalue weighted by atomic mass is 9.42. The fourth-order valence-electron chi connectivity index (χ4n) is 5.43. The summed E-state index contributed by atoms with van der Waals surface area (Å²) in [5, 5.41) is 33.6. The summed E-state index contributed by atoms with van der Waals surface area (Å²) in [7, 11) is 3.17. The molecule has 28 heavy (non-hydrogen) atoms. The molecule has 5 rings (SSSR count). The highest BCUT2D eigenvalue weighted by Gasteiger charge is 2.70. The number of aliphatic hydroxyl groups excluding tert-OH is 1. The number of fused-ring (bicyclic) bond motifs is 1. The monoisotopic (exact) mass is 391 g/mol. The third-order valence-corrected chi connectivity index (χ3v) is 7.41. The lowest BCUT2D eigenvalue weighted by molar-refractivity contribution is -0.289. The van der Waals surface area contributed by atoms with Crippen LogP contribution >= 0.6 is 0 Å². The minimum absolute atomic E-state index is 0.0728. The topological polar surface area (TPSA) is 99.5 Å². The van der Waals surface area contributed by atoms with Gasteiger partial charge in [0.15, 0.2) is 0 Å². The van der Waals surface area contributed by atoms with Crippen LogP contribution in [-0.2, 0) is 4.74 Å². The summed E-state index contributed by atoms with van der Waals surface area (Å²) in [5.74, 6) is -0.0675. The van der Waals surface area contributed by atoms with Gasteiger partial charge in [0.05, 0.1) is 17.7 Å². The minimum Gasteiger partial charge on any atom is -0.507 e. The van der Waals surface area contributed by atoms with Crippen molar-refractivity contribution in [2.45, 2.75) is 44.5 Å². The minimum atomic E-state index is -1.48. The van der Waals surface area contributed by atoms with Crippen molar-refractivity contribution in [1.82, 2.24) is 4.90 Å². The number of carbonyl (C=O) groups excluding carboxylic acids is 1. The maximum absolute atomic E-state index is 12.7. The van der Waals surface area contributed by atoms with Gasteiger partial charge in [-0.2, -0.15) is 0 Å². The predicted octanol–water partition coefficient (Wildman–Crippen LogP) is 1.70. The lowest BCUT2D eigenvalue weighted by Crippen LogP contribution is -2.72. The first-order chi connectivity index (χ1) is 13.1. The van der Waals surface area contributed by atoms with Crippen LogP contribution in [0.1, 0.15) is 48.7 Å². The number of amides is 1. The number of aromatic hydroxyl groups is 1. The van der Waals surface area contributed by atoms with E-state index in [1.54, 1.807) is 20.2 Å². The molecular weight excluding hydrogens is 362 g/mol. The van der Waals surface area contributed by atoms with Gasteiger partial charge in [-0.3, -0.25) is 4.79 Å². The fourth-order valence-corrected chi connectivity index (χ4v) is 5.43. The quantitative estimate of drug-likeness (QED) is 0.723. The molecule has 1 heterocycles. The van der Waals surface area contributed by atoms with E-state index in [0.717, 1.165) is 6.42 Å². The molecule has 0 saturated heterocycles. The van der Waals surface area contributed by atoms with Crippen molar-refractivity contribution in [2.75, 3.05) is 27.3 Å². The molecule has 154 valence electrons. The summed E-state index contributed by atoms with van der Waals surface area (Å²) in [4.78, 5) is 14.2. The predicted molar refractivity (Wildman–Crippen MR) is 101 cm³/mol. The number of phenols is 1. The highest BCUT2D eigenvalue weighted by Crippen LogP contribution is 2.67. The van der Waals surface area contributed by atoms with Crippen LogP contribution in [0, 0.1) is 17.3 Å². The van der Waals surface area contributed by atoms with Gasteiger partial charge in [0.1, 0.15) is 29.3 Å². The van der Waals surface area contributed by atoms with Gasteiger partial charge in [0.25, 0.3) is 5.91 Å². The normalized spacial score (nSPS) is 34.5. The number of methoxy groups -OCH3 is 1. The molecule has 5 atom stereocenters. The molecule has 7 nitrogen and oxygen atoms in total. The second-order valence-corrected chi connectivity index (χ2v) is 9.03. The van der Waals surface area contributed by atoms with E-state index < -0.39 is 17.8 Å². The molecule has 1 aromatic carbocycles. The van der Waals surface area contributed by atoms with Gasteiger partial charge >= 0.3 is 0 Å². The molecule has 2 bridgehead atoms. The summed E-state index contributed by atoms with van der Waals surface area (Å²) in [6, 6.07) is 3.10. The van der Waals surface area contributed by atoms with Gasteiger partial charge in [-0.15, -0.1) is 0 Å². The number of nitrogens with zero attached hydrogens (tertiary/aromatic N) is 1. The van der Waals surface area contributed by atoms with E-state index in [2.05, 4.69) is 13.8 Å². The molecule has 3 saturated carbocycles. The fraction of sp³-hybridized carbons (Fsp3) is 0.667. The van der Waals surface area contributed by atoms with Crippen molar-refractivity contribution >= 4 is 5.91 Å². The third kappa shape index (κ3) is 2.42. The zero-order valence-corrected chi connectivity index (χ0v) is 16.8. The molecule has 1 aliphatic heterocycles. The molecule has 4 aliphatic rings. The molecule has 7 heteroatoms. The van der Waals surface area contributed by atoms with Crippen molar-refractivity contribution in [1.29, 1.82) is 0 Å². The van der Waals surface area contributed by atoms with Crippen LogP contribution in [0.4, 0.5) is 0 Å². The Hall–Kier alpha value is -1.83. The number of benzene rings is 1. The Balaban J connectivity index is 1.71. The summed E-state index contributed by atoms with van der Waals surface area (Å²) in [6.07, 6.45) is -0.340. The molecule has 1 aromatic rings. The highest BCUT2D eigenvalue weighted by molar-refractivity contribution is 5.97. The van der Waals surface area contributed by atoms with Crippen LogP contribution in [-0.4, -0.2) is 65.1 Å². The average molecular weight is 391 g/mol. The maximum Gasteiger partial charge on any atom is 0.257 e. The smallest absolute Gasteiger partial charge is 0.257 e. The molecule has 3 fully saturated rings. The number of aliphatic hydroxyl groups is 2. The SMILES string of the molecule is COCCN(C)C(=O)c1ccc2c(c1O)[C@H](O)[C@@]1(O)[C@@H]3C[C@H](C[C@H]1O2)C3(C)C. The zero-order chi connectivity index (χ0) is 20.4. The van der Waals surface area contributed by atoms with E-state index in [0.29, 0.717) is 31.2 Å². The van der Waals surface area contributed by atoms with E-state index in [1.807, 2.05) is 0 Å². The van der Waals surface area contributed by atoms with Crippen molar-refractivity contribution in [2.24, 2.45) is 17.3 Å². The average Bonchev–Trinajstić information content (AvgIpc) is 2.65. The van der Waals surface area contributed by atoms with Crippen LogP contribution in [0.5, 0.6) is 11.5 Å². The largest absolute Gasteiger partial charge is 0.507 e.